The average Bonchev–Trinajstić information content (AvgIpc) is 3.58. The van der Waals surface area contributed by atoms with Gasteiger partial charge in [-0.25, -0.2) is 9.67 Å². The first-order chi connectivity index (χ1) is 24.4. The van der Waals surface area contributed by atoms with Gasteiger partial charge in [0.2, 0.25) is 0 Å². The van der Waals surface area contributed by atoms with Gasteiger partial charge in [0.15, 0.2) is 5.82 Å². The van der Waals surface area contributed by atoms with E-state index in [1.165, 1.54) is 5.57 Å². The Bertz CT molecular complexity index is 1690. The lowest BCUT2D eigenvalue weighted by molar-refractivity contribution is -0.252. The van der Waals surface area contributed by atoms with Crippen molar-refractivity contribution in [3.05, 3.63) is 42.5 Å². The lowest BCUT2D eigenvalue weighted by atomic mass is 9.34. The van der Waals surface area contributed by atoms with Gasteiger partial charge in [0.1, 0.15) is 6.33 Å². The highest BCUT2D eigenvalue weighted by molar-refractivity contribution is 5.73. The second-order valence-corrected chi connectivity index (χ2v) is 19.8. The molecule has 0 aromatic carbocycles. The van der Waals surface area contributed by atoms with Gasteiger partial charge in [-0.2, -0.15) is 5.10 Å². The van der Waals surface area contributed by atoms with E-state index in [1.54, 1.807) is 6.33 Å². The van der Waals surface area contributed by atoms with E-state index in [0.717, 1.165) is 49.9 Å². The van der Waals surface area contributed by atoms with E-state index in [2.05, 4.69) is 85.0 Å². The second kappa shape index (κ2) is 12.7. The number of fused-ring (bicyclic) bond motifs is 3. The number of nitrogens with zero attached hydrogens (tertiary/aromatic N) is 4. The van der Waals surface area contributed by atoms with Gasteiger partial charge in [-0.1, -0.05) is 74.0 Å². The maximum Gasteiger partial charge on any atom is 0.307 e. The van der Waals surface area contributed by atoms with Gasteiger partial charge in [0, 0.05) is 34.3 Å². The third-order valence-corrected chi connectivity index (χ3v) is 16.8. The first-order valence-corrected chi connectivity index (χ1v) is 20.1. The van der Waals surface area contributed by atoms with Crippen molar-refractivity contribution in [3.8, 4) is 11.4 Å². The largest absolute Gasteiger partial charge is 0.481 e. The predicted molar refractivity (Wildman–Crippen MR) is 203 cm³/mol. The molecule has 2 aromatic rings. The minimum absolute atomic E-state index is 0.104. The number of hydrogen-bond acceptors (Lipinski definition) is 7. The van der Waals surface area contributed by atoms with E-state index in [-0.39, 0.29) is 51.1 Å². The van der Waals surface area contributed by atoms with E-state index in [9.17, 15) is 9.90 Å². The molecule has 3 N–H and O–H groups in total. The molecule has 12 atom stereocenters. The lowest BCUT2D eigenvalue weighted by Gasteiger charge is -2.71. The van der Waals surface area contributed by atoms with Crippen molar-refractivity contribution in [1.82, 2.24) is 19.7 Å². The molecule has 9 heteroatoms. The van der Waals surface area contributed by atoms with Crippen LogP contribution in [0.4, 0.5) is 0 Å². The minimum atomic E-state index is -0.624. The number of carboxylic acids is 1. The van der Waals surface area contributed by atoms with Crippen molar-refractivity contribution in [2.45, 2.75) is 125 Å². The van der Waals surface area contributed by atoms with Crippen molar-refractivity contribution in [2.24, 2.45) is 68.3 Å². The number of allylic oxidation sites excluding steroid dienone is 1. The van der Waals surface area contributed by atoms with Gasteiger partial charge in [-0.3, -0.25) is 9.78 Å². The van der Waals surface area contributed by atoms with E-state index in [0.29, 0.717) is 37.6 Å². The molecule has 2 aromatic heterocycles. The van der Waals surface area contributed by atoms with Crippen LogP contribution in [0.15, 0.2) is 42.5 Å². The van der Waals surface area contributed by atoms with Crippen LogP contribution in [0, 0.1) is 62.6 Å². The molecule has 0 amide bonds. The van der Waals surface area contributed by atoms with Crippen LogP contribution in [0.5, 0.6) is 0 Å². The molecule has 7 rings (SSSR count). The van der Waals surface area contributed by atoms with Crippen molar-refractivity contribution in [3.63, 3.8) is 0 Å². The number of ether oxygens (including phenoxy) is 2. The molecule has 5 aliphatic rings. The van der Waals surface area contributed by atoms with Crippen LogP contribution in [0.25, 0.3) is 11.4 Å². The zero-order chi connectivity index (χ0) is 37.6. The molecule has 9 nitrogen and oxygen atoms in total. The Labute approximate surface area is 311 Å². The number of pyridine rings is 1. The van der Waals surface area contributed by atoms with Gasteiger partial charge in [0.05, 0.1) is 37.9 Å². The van der Waals surface area contributed by atoms with Gasteiger partial charge in [-0.05, 0) is 103 Å². The molecule has 4 aliphatic carbocycles. The molecule has 286 valence electrons. The lowest BCUT2D eigenvalue weighted by Crippen LogP contribution is -2.69. The van der Waals surface area contributed by atoms with Crippen LogP contribution in [0.2, 0.25) is 0 Å². The number of rotatable bonds is 9. The van der Waals surface area contributed by atoms with Crippen molar-refractivity contribution in [1.29, 1.82) is 0 Å². The normalized spacial score (nSPS) is 41.7. The summed E-state index contributed by atoms with van der Waals surface area (Å²) in [6.07, 6.45) is 13.3. The Hall–Kier alpha value is -2.62. The van der Waals surface area contributed by atoms with Crippen molar-refractivity contribution in [2.75, 3.05) is 19.8 Å². The molecule has 1 saturated heterocycles. The zero-order valence-electron chi connectivity index (χ0n) is 33.5. The minimum Gasteiger partial charge on any atom is -0.481 e. The summed E-state index contributed by atoms with van der Waals surface area (Å²) in [5, 5.41) is 16.1. The van der Waals surface area contributed by atoms with Crippen LogP contribution in [-0.2, 0) is 14.3 Å². The first-order valence-electron chi connectivity index (χ1n) is 20.1. The molecule has 0 radical (unpaired) electrons. The summed E-state index contributed by atoms with van der Waals surface area (Å²) in [4.78, 5) is 22.6. The highest BCUT2D eigenvalue weighted by Crippen LogP contribution is 2.75. The average molecular weight is 716 g/mol. The SMILES string of the molecule is CC(C)[C@@H](C)[C@@]1(C)CC[C@]2(C)[C@H]3CC[C@@H]4C5(COC[C@]4(C)[C@@H](OC[C@](C)(N)C(C)C)[C@H](n4ncnc4-c4ccncc4)C5)C3=CC[C@@]2(C)[C@@H]1C(=O)O. The standard InChI is InChI=1S/C43H65N5O4/c1-26(2)28(5)38(6)17-18-40(8)30-11-12-33-39(7)22-51-24-43(33,31(30)13-16-41(40,9)34(38)37(49)50)21-32(35(39)52-23-42(10,44)27(3)4)48-36(46-25-47-48)29-14-19-45-20-15-29/h13-15,19-20,25-28,30,32-35H,11-12,16-18,21-24,44H2,1-10H3,(H,49,50)/t28-,30+,32-,33+,34-,35+,38-,39+,40-,41+,42+,43?/m1/s1. The summed E-state index contributed by atoms with van der Waals surface area (Å²) in [5.41, 5.74) is 7.56. The van der Waals surface area contributed by atoms with E-state index < -0.39 is 17.4 Å². The van der Waals surface area contributed by atoms with Crippen LogP contribution in [-0.4, -0.2) is 62.3 Å². The summed E-state index contributed by atoms with van der Waals surface area (Å²) < 4.78 is 16.1. The molecule has 2 bridgehead atoms. The second-order valence-electron chi connectivity index (χ2n) is 19.8. The van der Waals surface area contributed by atoms with Crippen LogP contribution >= 0.6 is 0 Å². The highest BCUT2D eigenvalue weighted by atomic mass is 16.5. The van der Waals surface area contributed by atoms with Gasteiger partial charge in [0.25, 0.3) is 0 Å². The summed E-state index contributed by atoms with van der Waals surface area (Å²) in [7, 11) is 0. The van der Waals surface area contributed by atoms with E-state index in [1.807, 2.05) is 24.5 Å². The maximum atomic E-state index is 13.6. The molecule has 0 spiro atoms. The summed E-state index contributed by atoms with van der Waals surface area (Å²) in [6.45, 7) is 24.4. The molecule has 52 heavy (non-hydrogen) atoms. The highest BCUT2D eigenvalue weighted by Gasteiger charge is 2.72. The molecule has 3 heterocycles. The van der Waals surface area contributed by atoms with Crippen LogP contribution in [0.1, 0.15) is 114 Å². The Kier molecular flexibility index (Phi) is 9.22. The predicted octanol–water partition coefficient (Wildman–Crippen LogP) is 8.23. The maximum absolute atomic E-state index is 13.6. The number of carboxylic acid groups (broad SMARTS) is 1. The fourth-order valence-corrected chi connectivity index (χ4v) is 12.8. The first kappa shape index (κ1) is 37.7. The fourth-order valence-electron chi connectivity index (χ4n) is 12.8. The molecule has 3 saturated carbocycles. The number of nitrogens with two attached hydrogens (primary N) is 1. The molecule has 1 unspecified atom stereocenters. The third-order valence-electron chi connectivity index (χ3n) is 16.8. The summed E-state index contributed by atoms with van der Waals surface area (Å²) in [6, 6.07) is 3.90. The number of aromatic nitrogens is 4. The Balaban J connectivity index is 1.35. The monoisotopic (exact) mass is 716 g/mol. The smallest absolute Gasteiger partial charge is 0.307 e. The van der Waals surface area contributed by atoms with Crippen LogP contribution in [0.3, 0.4) is 0 Å². The van der Waals surface area contributed by atoms with Gasteiger partial charge >= 0.3 is 5.97 Å². The number of carbonyl (C=O) groups is 1. The molecular weight excluding hydrogens is 651 g/mol. The summed E-state index contributed by atoms with van der Waals surface area (Å²) in [5.74, 6) is 1.39. The van der Waals surface area contributed by atoms with E-state index in [4.69, 9.17) is 25.3 Å². The van der Waals surface area contributed by atoms with Gasteiger partial charge in [-0.15, -0.1) is 0 Å². The van der Waals surface area contributed by atoms with Gasteiger partial charge < -0.3 is 20.3 Å². The third kappa shape index (κ3) is 5.25. The molecular formula is C43H65N5O4. The fraction of sp³-hybridized carbons (Fsp3) is 0.767. The Morgan fingerprint density at radius 1 is 1.08 bits per heavy atom. The Morgan fingerprint density at radius 3 is 2.44 bits per heavy atom. The van der Waals surface area contributed by atoms with Crippen molar-refractivity contribution >= 4 is 5.97 Å². The molecule has 4 fully saturated rings. The van der Waals surface area contributed by atoms with Crippen LogP contribution < -0.4 is 5.73 Å². The summed E-state index contributed by atoms with van der Waals surface area (Å²) >= 11 is 0. The molecule has 1 aliphatic heterocycles. The Morgan fingerprint density at radius 2 is 1.79 bits per heavy atom. The quantitative estimate of drug-likeness (QED) is 0.249. The topological polar surface area (TPSA) is 125 Å². The van der Waals surface area contributed by atoms with E-state index >= 15 is 0 Å². The number of hydrogen-bond donors (Lipinski definition) is 2. The zero-order valence-corrected chi connectivity index (χ0v) is 33.5. The number of aliphatic carboxylic acids is 1. The van der Waals surface area contributed by atoms with Crippen molar-refractivity contribution < 1.29 is 19.4 Å².